The molecule has 0 radical (unpaired) electrons. The molecule has 1 amide bonds. The van der Waals surface area contributed by atoms with E-state index in [1.54, 1.807) is 25.2 Å². The van der Waals surface area contributed by atoms with Crippen LogP contribution in [-0.4, -0.2) is 24.2 Å². The molecule has 7 heteroatoms. The largest absolute Gasteiger partial charge is 0.573 e. The number of nitrogens with zero attached hydrogens (tertiary/aromatic N) is 1. The molecule has 1 saturated carbocycles. The Bertz CT molecular complexity index is 801. The van der Waals surface area contributed by atoms with Crippen LogP contribution >= 0.6 is 11.6 Å². The van der Waals surface area contributed by atoms with Crippen LogP contribution in [0.15, 0.2) is 48.5 Å². The van der Waals surface area contributed by atoms with Gasteiger partial charge in [0, 0.05) is 24.2 Å². The van der Waals surface area contributed by atoms with E-state index in [-0.39, 0.29) is 18.2 Å². The lowest BCUT2D eigenvalue weighted by atomic mass is 9.94. The minimum absolute atomic E-state index is 0.0282. The number of para-hydroxylation sites is 1. The van der Waals surface area contributed by atoms with Crippen LogP contribution in [-0.2, 0) is 16.8 Å². The van der Waals surface area contributed by atoms with Crippen molar-refractivity contribution in [2.75, 3.05) is 7.05 Å². The summed E-state index contributed by atoms with van der Waals surface area (Å²) >= 11 is 5.90. The summed E-state index contributed by atoms with van der Waals surface area (Å²) in [6.45, 7) is 0.0282. The van der Waals surface area contributed by atoms with Gasteiger partial charge in [-0.05, 0) is 36.6 Å². The van der Waals surface area contributed by atoms with Crippen molar-refractivity contribution >= 4 is 17.5 Å². The highest BCUT2D eigenvalue weighted by Crippen LogP contribution is 2.49. The summed E-state index contributed by atoms with van der Waals surface area (Å²) < 4.78 is 41.7. The van der Waals surface area contributed by atoms with Gasteiger partial charge in [-0.15, -0.1) is 13.2 Å². The van der Waals surface area contributed by atoms with E-state index >= 15 is 0 Å². The molecule has 0 bridgehead atoms. The third-order valence-electron chi connectivity index (χ3n) is 4.51. The molecular weight excluding hydrogens is 367 g/mol. The maximum Gasteiger partial charge on any atom is 0.573 e. The summed E-state index contributed by atoms with van der Waals surface area (Å²) in [5, 5.41) is 0.587. The van der Waals surface area contributed by atoms with Crippen molar-refractivity contribution in [2.45, 2.75) is 31.2 Å². The highest BCUT2D eigenvalue weighted by molar-refractivity contribution is 6.30. The number of rotatable bonds is 5. The second-order valence-electron chi connectivity index (χ2n) is 6.41. The molecule has 0 unspecified atom stereocenters. The SMILES string of the molecule is CN(Cc1ccccc1OC(F)(F)F)C(=O)C1(c2ccc(Cl)cc2)CC1. The monoisotopic (exact) mass is 383 g/mol. The first kappa shape index (κ1) is 18.6. The van der Waals surface area contributed by atoms with Crippen molar-refractivity contribution < 1.29 is 22.7 Å². The van der Waals surface area contributed by atoms with Crippen LogP contribution in [0.1, 0.15) is 24.0 Å². The minimum Gasteiger partial charge on any atom is -0.405 e. The van der Waals surface area contributed by atoms with E-state index in [4.69, 9.17) is 11.6 Å². The molecule has 3 nitrogen and oxygen atoms in total. The van der Waals surface area contributed by atoms with Crippen LogP contribution in [0.2, 0.25) is 5.02 Å². The number of hydrogen-bond donors (Lipinski definition) is 0. The normalized spacial score (nSPS) is 15.4. The van der Waals surface area contributed by atoms with E-state index in [9.17, 15) is 18.0 Å². The number of likely N-dealkylation sites (N-methyl/N-ethyl adjacent to an activating group) is 1. The molecule has 0 spiro atoms. The van der Waals surface area contributed by atoms with Gasteiger partial charge in [0.2, 0.25) is 5.91 Å². The zero-order valence-electron chi connectivity index (χ0n) is 14.0. The summed E-state index contributed by atoms with van der Waals surface area (Å²) in [5.41, 5.74) is 0.560. The summed E-state index contributed by atoms with van der Waals surface area (Å²) in [6, 6.07) is 12.9. The van der Waals surface area contributed by atoms with Crippen LogP contribution in [0, 0.1) is 0 Å². The number of ether oxygens (including phenoxy) is 1. The molecule has 138 valence electrons. The fourth-order valence-corrected chi connectivity index (χ4v) is 3.20. The van der Waals surface area contributed by atoms with E-state index < -0.39 is 11.8 Å². The first-order valence-corrected chi connectivity index (χ1v) is 8.44. The minimum atomic E-state index is -4.78. The third-order valence-corrected chi connectivity index (χ3v) is 4.76. The van der Waals surface area contributed by atoms with Crippen molar-refractivity contribution in [3.8, 4) is 5.75 Å². The Hall–Kier alpha value is -2.21. The Labute approximate surface area is 154 Å². The fraction of sp³-hybridized carbons (Fsp3) is 0.316. The Morgan fingerprint density at radius 2 is 1.77 bits per heavy atom. The van der Waals surface area contributed by atoms with E-state index in [0.29, 0.717) is 23.4 Å². The van der Waals surface area contributed by atoms with Gasteiger partial charge in [0.1, 0.15) is 5.75 Å². The smallest absolute Gasteiger partial charge is 0.405 e. The van der Waals surface area contributed by atoms with Crippen LogP contribution in [0.3, 0.4) is 0 Å². The number of amides is 1. The summed E-state index contributed by atoms with van der Waals surface area (Å²) in [6.07, 6.45) is -3.36. The van der Waals surface area contributed by atoms with E-state index in [2.05, 4.69) is 4.74 Å². The molecule has 1 aliphatic carbocycles. The average Bonchev–Trinajstić information content (AvgIpc) is 3.37. The molecule has 0 atom stereocenters. The van der Waals surface area contributed by atoms with Crippen LogP contribution < -0.4 is 4.74 Å². The topological polar surface area (TPSA) is 29.5 Å². The van der Waals surface area contributed by atoms with Crippen LogP contribution in [0.5, 0.6) is 5.75 Å². The van der Waals surface area contributed by atoms with E-state index in [1.165, 1.54) is 23.1 Å². The zero-order valence-corrected chi connectivity index (χ0v) is 14.8. The molecule has 0 aromatic heterocycles. The predicted octanol–water partition coefficient (Wildman–Crippen LogP) is 4.93. The number of benzene rings is 2. The molecule has 3 rings (SSSR count). The maximum absolute atomic E-state index is 12.9. The van der Waals surface area contributed by atoms with Gasteiger partial charge in [-0.2, -0.15) is 0 Å². The average molecular weight is 384 g/mol. The summed E-state index contributed by atoms with van der Waals surface area (Å²) in [5.74, 6) is -0.419. The van der Waals surface area contributed by atoms with Gasteiger partial charge in [0.25, 0.3) is 0 Å². The number of carbonyl (C=O) groups is 1. The first-order chi connectivity index (χ1) is 12.2. The van der Waals surface area contributed by atoms with Crippen molar-refractivity contribution in [3.05, 3.63) is 64.7 Å². The molecule has 2 aromatic rings. The predicted molar refractivity (Wildman–Crippen MR) is 92.0 cm³/mol. The van der Waals surface area contributed by atoms with Gasteiger partial charge in [0.05, 0.1) is 5.41 Å². The van der Waals surface area contributed by atoms with E-state index in [0.717, 1.165) is 5.56 Å². The molecule has 0 N–H and O–H groups in total. The Morgan fingerprint density at radius 3 is 2.35 bits per heavy atom. The highest BCUT2D eigenvalue weighted by Gasteiger charge is 2.52. The Morgan fingerprint density at radius 1 is 1.15 bits per heavy atom. The second-order valence-corrected chi connectivity index (χ2v) is 6.84. The third kappa shape index (κ3) is 3.96. The van der Waals surface area contributed by atoms with Gasteiger partial charge in [-0.25, -0.2) is 0 Å². The van der Waals surface area contributed by atoms with Crippen molar-refractivity contribution in [3.63, 3.8) is 0 Å². The van der Waals surface area contributed by atoms with Crippen molar-refractivity contribution in [2.24, 2.45) is 0 Å². The zero-order chi connectivity index (χ0) is 18.9. The second kappa shape index (κ2) is 6.83. The molecular formula is C19H17ClF3NO2. The van der Waals surface area contributed by atoms with Crippen molar-refractivity contribution in [1.29, 1.82) is 0 Å². The van der Waals surface area contributed by atoms with Crippen molar-refractivity contribution in [1.82, 2.24) is 4.90 Å². The lowest BCUT2D eigenvalue weighted by Gasteiger charge is -2.25. The molecule has 26 heavy (non-hydrogen) atoms. The quantitative estimate of drug-likeness (QED) is 0.732. The summed E-state index contributed by atoms with van der Waals surface area (Å²) in [4.78, 5) is 14.4. The Kier molecular flexibility index (Phi) is 4.88. The van der Waals surface area contributed by atoms with Gasteiger partial charge in [-0.1, -0.05) is 41.9 Å². The number of halogens is 4. The highest BCUT2D eigenvalue weighted by atomic mass is 35.5. The molecule has 0 heterocycles. The maximum atomic E-state index is 12.9. The lowest BCUT2D eigenvalue weighted by molar-refractivity contribution is -0.275. The van der Waals surface area contributed by atoms with E-state index in [1.807, 2.05) is 12.1 Å². The van der Waals surface area contributed by atoms with Gasteiger partial charge >= 0.3 is 6.36 Å². The van der Waals surface area contributed by atoms with Crippen LogP contribution in [0.25, 0.3) is 0 Å². The van der Waals surface area contributed by atoms with Gasteiger partial charge in [-0.3, -0.25) is 4.79 Å². The molecule has 0 aliphatic heterocycles. The number of carbonyl (C=O) groups excluding carboxylic acids is 1. The first-order valence-electron chi connectivity index (χ1n) is 8.06. The fourth-order valence-electron chi connectivity index (χ4n) is 3.07. The molecule has 1 fully saturated rings. The van der Waals surface area contributed by atoms with Crippen LogP contribution in [0.4, 0.5) is 13.2 Å². The number of hydrogen-bond acceptors (Lipinski definition) is 2. The molecule has 2 aromatic carbocycles. The number of alkyl halides is 3. The molecule has 0 saturated heterocycles. The van der Waals surface area contributed by atoms with Gasteiger partial charge < -0.3 is 9.64 Å². The van der Waals surface area contributed by atoms with Gasteiger partial charge in [0.15, 0.2) is 0 Å². The molecule has 1 aliphatic rings. The lowest BCUT2D eigenvalue weighted by Crippen LogP contribution is -2.36. The Balaban J connectivity index is 1.77. The summed E-state index contributed by atoms with van der Waals surface area (Å²) in [7, 11) is 1.59. The standard InChI is InChI=1S/C19H17ClF3NO2/c1-24(12-13-4-2-3-5-16(13)26-19(21,22)23)17(25)18(10-11-18)14-6-8-15(20)9-7-14/h2-9H,10-12H2,1H3.